The molecule has 1 rings (SSSR count). The van der Waals surface area contributed by atoms with E-state index in [2.05, 4.69) is 5.32 Å². The van der Waals surface area contributed by atoms with E-state index >= 15 is 0 Å². The van der Waals surface area contributed by atoms with Gasteiger partial charge in [0.1, 0.15) is 5.75 Å². The van der Waals surface area contributed by atoms with Crippen LogP contribution in [-0.2, 0) is 0 Å². The van der Waals surface area contributed by atoms with Crippen LogP contribution in [0, 0.1) is 24.2 Å². The van der Waals surface area contributed by atoms with Gasteiger partial charge in [0.15, 0.2) is 0 Å². The van der Waals surface area contributed by atoms with Crippen molar-refractivity contribution in [2.75, 3.05) is 6.54 Å². The zero-order valence-electron chi connectivity index (χ0n) is 9.32. The summed E-state index contributed by atoms with van der Waals surface area (Å²) in [4.78, 5) is 11.7. The highest BCUT2D eigenvalue weighted by Crippen LogP contribution is 2.17. The van der Waals surface area contributed by atoms with Crippen LogP contribution in [0.5, 0.6) is 5.75 Å². The number of aryl methyl sites for hydroxylation is 1. The molecule has 84 valence electrons. The lowest BCUT2D eigenvalue weighted by Crippen LogP contribution is -2.27. The maximum absolute atomic E-state index is 11.7. The van der Waals surface area contributed by atoms with Crippen LogP contribution in [-0.4, -0.2) is 17.6 Å². The van der Waals surface area contributed by atoms with Crippen LogP contribution in [0.2, 0.25) is 0 Å². The fraction of sp³-hybridized carbons (Fsp3) is 0.333. The van der Waals surface area contributed by atoms with E-state index in [1.54, 1.807) is 19.1 Å². The number of amides is 1. The number of benzene rings is 1. The highest BCUT2D eigenvalue weighted by atomic mass is 16.3. The van der Waals surface area contributed by atoms with Gasteiger partial charge in [0.05, 0.1) is 17.6 Å². The van der Waals surface area contributed by atoms with Crippen molar-refractivity contribution in [2.45, 2.75) is 13.8 Å². The Bertz CT molecular complexity index is 435. The maximum Gasteiger partial charge on any atom is 0.255 e. The molecule has 0 fully saturated rings. The number of carbonyl (C=O) groups excluding carboxylic acids is 1. The topological polar surface area (TPSA) is 73.1 Å². The number of rotatable bonds is 3. The molecule has 16 heavy (non-hydrogen) atoms. The van der Waals surface area contributed by atoms with Crippen molar-refractivity contribution in [3.8, 4) is 11.8 Å². The van der Waals surface area contributed by atoms with E-state index in [4.69, 9.17) is 5.26 Å². The van der Waals surface area contributed by atoms with Gasteiger partial charge in [-0.25, -0.2) is 0 Å². The predicted molar refractivity (Wildman–Crippen MR) is 60.0 cm³/mol. The first-order chi connectivity index (χ1) is 7.54. The summed E-state index contributed by atoms with van der Waals surface area (Å²) in [5, 5.41) is 20.7. The summed E-state index contributed by atoms with van der Waals surface area (Å²) >= 11 is 0. The second-order valence-electron chi connectivity index (χ2n) is 3.76. The quantitative estimate of drug-likeness (QED) is 0.809. The van der Waals surface area contributed by atoms with E-state index in [1.807, 2.05) is 13.0 Å². The van der Waals surface area contributed by atoms with Gasteiger partial charge in [0, 0.05) is 6.54 Å². The Morgan fingerprint density at radius 3 is 2.94 bits per heavy atom. The first-order valence-electron chi connectivity index (χ1n) is 5.02. The standard InChI is InChI=1S/C12H14N2O2/c1-8-3-4-11(15)10(5-8)12(16)14-7-9(2)6-13/h3-5,9,15H,7H2,1-2H3,(H,14,16). The fourth-order valence-corrected chi connectivity index (χ4v) is 1.22. The molecule has 0 heterocycles. The van der Waals surface area contributed by atoms with Gasteiger partial charge in [-0.05, 0) is 26.0 Å². The van der Waals surface area contributed by atoms with Crippen LogP contribution >= 0.6 is 0 Å². The number of phenolic OH excluding ortho intramolecular Hbond substituents is 1. The lowest BCUT2D eigenvalue weighted by molar-refractivity contribution is 0.0948. The number of aromatic hydroxyl groups is 1. The predicted octanol–water partition coefficient (Wildman–Crippen LogP) is 1.59. The molecule has 1 aromatic carbocycles. The molecule has 0 aliphatic carbocycles. The number of phenols is 1. The number of nitrogens with one attached hydrogen (secondary N) is 1. The third-order valence-corrected chi connectivity index (χ3v) is 2.19. The zero-order valence-corrected chi connectivity index (χ0v) is 9.32. The highest BCUT2D eigenvalue weighted by molar-refractivity contribution is 5.96. The molecule has 2 N–H and O–H groups in total. The summed E-state index contributed by atoms with van der Waals surface area (Å²) in [6, 6.07) is 6.84. The molecule has 4 nitrogen and oxygen atoms in total. The minimum atomic E-state index is -0.358. The Labute approximate surface area is 94.5 Å². The molecule has 0 saturated heterocycles. The van der Waals surface area contributed by atoms with Gasteiger partial charge in [-0.15, -0.1) is 0 Å². The molecule has 1 aromatic rings. The second kappa shape index (κ2) is 5.17. The SMILES string of the molecule is Cc1ccc(O)c(C(=O)NCC(C)C#N)c1. The van der Waals surface area contributed by atoms with Crippen molar-refractivity contribution in [2.24, 2.45) is 5.92 Å². The molecule has 1 amide bonds. The monoisotopic (exact) mass is 218 g/mol. The van der Waals surface area contributed by atoms with Crippen molar-refractivity contribution < 1.29 is 9.90 Å². The van der Waals surface area contributed by atoms with Crippen molar-refractivity contribution >= 4 is 5.91 Å². The number of nitriles is 1. The van der Waals surface area contributed by atoms with E-state index in [1.165, 1.54) is 6.07 Å². The molecule has 0 spiro atoms. The minimum Gasteiger partial charge on any atom is -0.507 e. The Balaban J connectivity index is 2.74. The summed E-state index contributed by atoms with van der Waals surface area (Å²) in [6.45, 7) is 3.84. The molecule has 0 bridgehead atoms. The van der Waals surface area contributed by atoms with Crippen molar-refractivity contribution in [1.82, 2.24) is 5.32 Å². The van der Waals surface area contributed by atoms with Crippen LogP contribution in [0.3, 0.4) is 0 Å². The van der Waals surface area contributed by atoms with Gasteiger partial charge in [0.2, 0.25) is 0 Å². The molecule has 0 aliphatic heterocycles. The fourth-order valence-electron chi connectivity index (χ4n) is 1.22. The molecular formula is C12H14N2O2. The van der Waals surface area contributed by atoms with Crippen molar-refractivity contribution in [3.05, 3.63) is 29.3 Å². The number of hydrogen-bond acceptors (Lipinski definition) is 3. The van der Waals surface area contributed by atoms with E-state index in [-0.39, 0.29) is 29.7 Å². The highest BCUT2D eigenvalue weighted by Gasteiger charge is 2.11. The van der Waals surface area contributed by atoms with Gasteiger partial charge in [-0.3, -0.25) is 4.79 Å². The first kappa shape index (κ1) is 12.1. The summed E-state index contributed by atoms with van der Waals surface area (Å²) in [5.74, 6) is -0.646. The largest absolute Gasteiger partial charge is 0.507 e. The summed E-state index contributed by atoms with van der Waals surface area (Å²) in [5.41, 5.74) is 1.14. The Hall–Kier alpha value is -2.02. The molecule has 1 unspecified atom stereocenters. The lowest BCUT2D eigenvalue weighted by Gasteiger charge is -2.08. The molecule has 0 saturated carbocycles. The van der Waals surface area contributed by atoms with Gasteiger partial charge >= 0.3 is 0 Å². The average Bonchev–Trinajstić information content (AvgIpc) is 2.28. The molecule has 0 radical (unpaired) electrons. The first-order valence-corrected chi connectivity index (χ1v) is 5.02. The summed E-state index contributed by atoms with van der Waals surface area (Å²) < 4.78 is 0. The van der Waals surface area contributed by atoms with Gasteiger partial charge < -0.3 is 10.4 Å². The number of nitrogens with zero attached hydrogens (tertiary/aromatic N) is 1. The van der Waals surface area contributed by atoms with E-state index < -0.39 is 0 Å². The number of carbonyl (C=O) groups is 1. The lowest BCUT2D eigenvalue weighted by atomic mass is 10.1. The van der Waals surface area contributed by atoms with E-state index in [9.17, 15) is 9.90 Å². The van der Waals surface area contributed by atoms with Gasteiger partial charge in [-0.2, -0.15) is 5.26 Å². The van der Waals surface area contributed by atoms with Gasteiger partial charge in [0.25, 0.3) is 5.91 Å². The van der Waals surface area contributed by atoms with Crippen molar-refractivity contribution in [3.63, 3.8) is 0 Å². The number of hydrogen-bond donors (Lipinski definition) is 2. The van der Waals surface area contributed by atoms with Crippen LogP contribution in [0.1, 0.15) is 22.8 Å². The molecular weight excluding hydrogens is 204 g/mol. The third-order valence-electron chi connectivity index (χ3n) is 2.19. The van der Waals surface area contributed by atoms with Crippen LogP contribution < -0.4 is 5.32 Å². The average molecular weight is 218 g/mol. The summed E-state index contributed by atoms with van der Waals surface area (Å²) in [6.07, 6.45) is 0. The molecule has 4 heteroatoms. The normalized spacial score (nSPS) is 11.6. The van der Waals surface area contributed by atoms with E-state index in [0.29, 0.717) is 0 Å². The summed E-state index contributed by atoms with van der Waals surface area (Å²) in [7, 11) is 0. The van der Waals surface area contributed by atoms with E-state index in [0.717, 1.165) is 5.56 Å². The minimum absolute atomic E-state index is 0.0484. The molecule has 1 atom stereocenters. The third kappa shape index (κ3) is 2.99. The van der Waals surface area contributed by atoms with Gasteiger partial charge in [-0.1, -0.05) is 11.6 Å². The Morgan fingerprint density at radius 1 is 1.62 bits per heavy atom. The van der Waals surface area contributed by atoms with Crippen molar-refractivity contribution in [1.29, 1.82) is 5.26 Å². The van der Waals surface area contributed by atoms with Crippen LogP contribution in [0.25, 0.3) is 0 Å². The maximum atomic E-state index is 11.7. The van der Waals surface area contributed by atoms with Crippen LogP contribution in [0.4, 0.5) is 0 Å². The molecule has 0 aliphatic rings. The molecule has 0 aromatic heterocycles. The zero-order chi connectivity index (χ0) is 12.1. The second-order valence-corrected chi connectivity index (χ2v) is 3.76. The Kier molecular flexibility index (Phi) is 3.90. The smallest absolute Gasteiger partial charge is 0.255 e. The van der Waals surface area contributed by atoms with Crippen LogP contribution in [0.15, 0.2) is 18.2 Å². The Morgan fingerprint density at radius 2 is 2.31 bits per heavy atom.